The maximum atomic E-state index is 15.2. The zero-order valence-electron chi connectivity index (χ0n) is 15.0. The van der Waals surface area contributed by atoms with Gasteiger partial charge < -0.3 is 4.57 Å². The van der Waals surface area contributed by atoms with Crippen LogP contribution in [-0.2, 0) is 7.05 Å². The van der Waals surface area contributed by atoms with E-state index in [9.17, 15) is 4.39 Å². The predicted octanol–water partition coefficient (Wildman–Crippen LogP) is 5.28. The molecule has 2 N–H and O–H groups in total. The number of hydrazine groups is 1. The molecule has 0 amide bonds. The van der Waals surface area contributed by atoms with Gasteiger partial charge in [-0.2, -0.15) is 0 Å². The van der Waals surface area contributed by atoms with E-state index in [1.54, 1.807) is 17.8 Å². The topological polar surface area (TPSA) is 34.2 Å². The molecule has 1 atom stereocenters. The Morgan fingerprint density at radius 2 is 1.93 bits per heavy atom. The Morgan fingerprint density at radius 1 is 1.22 bits per heavy atom. The molecule has 1 unspecified atom stereocenters. The summed E-state index contributed by atoms with van der Waals surface area (Å²) in [6.45, 7) is 4.09. The van der Waals surface area contributed by atoms with Gasteiger partial charge in [-0.3, -0.25) is 5.01 Å². The Labute approximate surface area is 161 Å². The molecule has 0 saturated carbocycles. The van der Waals surface area contributed by atoms with Crippen LogP contribution in [0.25, 0.3) is 17.0 Å². The van der Waals surface area contributed by atoms with Crippen LogP contribution in [0.15, 0.2) is 60.1 Å². The van der Waals surface area contributed by atoms with Gasteiger partial charge in [0.2, 0.25) is 0 Å². The van der Waals surface area contributed by atoms with Gasteiger partial charge in [0, 0.05) is 40.4 Å². The molecule has 4 rings (SSSR count). The molecule has 0 spiro atoms. The number of benzene rings is 2. The first kappa shape index (κ1) is 17.8. The highest BCUT2D eigenvalue weighted by Crippen LogP contribution is 2.49. The van der Waals surface area contributed by atoms with E-state index in [-0.39, 0.29) is 0 Å². The highest BCUT2D eigenvalue weighted by atomic mass is 32.2. The van der Waals surface area contributed by atoms with Gasteiger partial charge in [-0.25, -0.2) is 14.6 Å². The van der Waals surface area contributed by atoms with E-state index in [2.05, 4.69) is 6.58 Å². The Hall–Kier alpha value is -2.57. The molecule has 1 heterocycles. The Morgan fingerprint density at radius 3 is 2.59 bits per heavy atom. The molecule has 0 fully saturated rings. The van der Waals surface area contributed by atoms with Gasteiger partial charge in [0.05, 0.1) is 17.1 Å². The van der Waals surface area contributed by atoms with E-state index >= 15 is 4.39 Å². The standard InChI is InChI=1S/C21H19F2N3S/c1-12(26(24)14-5-7-15(27-3)8-6-14)18-11-25(2)21-16-9-4-13(22)10-17(16)20(23)19(18)21/h4-11,20H,1,24H2,2-3H3. The minimum atomic E-state index is -1.41. The fourth-order valence-electron chi connectivity index (χ4n) is 3.61. The first-order chi connectivity index (χ1) is 12.9. The van der Waals surface area contributed by atoms with Crippen LogP contribution in [0.4, 0.5) is 14.5 Å². The zero-order valence-corrected chi connectivity index (χ0v) is 15.9. The second-order valence-corrected chi connectivity index (χ2v) is 7.40. The molecule has 1 aliphatic rings. The monoisotopic (exact) mass is 383 g/mol. The SMILES string of the molecule is C=C(c1cn(C)c2c1C(F)c1cc(F)ccc1-2)N(N)c1ccc(SC)cc1. The molecular formula is C21H19F2N3S. The van der Waals surface area contributed by atoms with Crippen molar-refractivity contribution in [2.75, 3.05) is 11.3 Å². The molecule has 3 aromatic rings. The summed E-state index contributed by atoms with van der Waals surface area (Å²) in [6, 6.07) is 12.0. The average Bonchev–Trinajstić information content (AvgIpc) is 3.17. The summed E-state index contributed by atoms with van der Waals surface area (Å²) in [6.07, 6.45) is 2.41. The lowest BCUT2D eigenvalue weighted by Crippen LogP contribution is -2.28. The first-order valence-corrected chi connectivity index (χ1v) is 9.66. The van der Waals surface area contributed by atoms with Crippen LogP contribution in [-0.4, -0.2) is 10.8 Å². The molecule has 0 aliphatic heterocycles. The van der Waals surface area contributed by atoms with Crippen molar-refractivity contribution in [3.8, 4) is 11.3 Å². The summed E-state index contributed by atoms with van der Waals surface area (Å²) in [5.41, 5.74) is 4.13. The van der Waals surface area contributed by atoms with Crippen molar-refractivity contribution in [3.05, 3.63) is 77.7 Å². The number of aryl methyl sites for hydroxylation is 1. The Balaban J connectivity index is 1.75. The minimum absolute atomic E-state index is 0.346. The van der Waals surface area contributed by atoms with Gasteiger partial charge in [-0.1, -0.05) is 6.58 Å². The lowest BCUT2D eigenvalue weighted by molar-refractivity contribution is 0.408. The summed E-state index contributed by atoms with van der Waals surface area (Å²) >= 11 is 1.64. The molecule has 6 heteroatoms. The molecule has 2 aromatic carbocycles. The van der Waals surface area contributed by atoms with Crippen LogP contribution in [0.1, 0.15) is 22.9 Å². The molecule has 0 radical (unpaired) electrons. The lowest BCUT2D eigenvalue weighted by Gasteiger charge is -2.22. The molecule has 0 bridgehead atoms. The van der Waals surface area contributed by atoms with Crippen molar-refractivity contribution in [1.82, 2.24) is 4.57 Å². The van der Waals surface area contributed by atoms with Crippen molar-refractivity contribution >= 4 is 23.1 Å². The summed E-state index contributed by atoms with van der Waals surface area (Å²) in [4.78, 5) is 1.12. The smallest absolute Gasteiger partial charge is 0.154 e. The normalized spacial score (nSPS) is 14.8. The third-order valence-electron chi connectivity index (χ3n) is 4.97. The fraction of sp³-hybridized carbons (Fsp3) is 0.143. The van der Waals surface area contributed by atoms with E-state index in [4.69, 9.17) is 5.84 Å². The van der Waals surface area contributed by atoms with Crippen molar-refractivity contribution in [3.63, 3.8) is 0 Å². The second kappa shape index (κ2) is 6.55. The number of hydrogen-bond donors (Lipinski definition) is 1. The summed E-state index contributed by atoms with van der Waals surface area (Å²) in [7, 11) is 1.84. The molecule has 1 aliphatic carbocycles. The number of nitrogens with zero attached hydrogens (tertiary/aromatic N) is 2. The fourth-order valence-corrected chi connectivity index (χ4v) is 4.02. The predicted molar refractivity (Wildman–Crippen MR) is 108 cm³/mol. The number of thioether (sulfide) groups is 1. The largest absolute Gasteiger partial charge is 0.350 e. The minimum Gasteiger partial charge on any atom is -0.350 e. The molecule has 3 nitrogen and oxygen atoms in total. The zero-order chi connectivity index (χ0) is 19.3. The van der Waals surface area contributed by atoms with E-state index in [0.717, 1.165) is 16.3 Å². The summed E-state index contributed by atoms with van der Waals surface area (Å²) in [5.74, 6) is 5.83. The summed E-state index contributed by atoms with van der Waals surface area (Å²) in [5, 5.41) is 1.45. The van der Waals surface area contributed by atoms with Crippen molar-refractivity contribution in [2.24, 2.45) is 12.9 Å². The van der Waals surface area contributed by atoms with E-state index in [1.165, 1.54) is 17.1 Å². The molecule has 27 heavy (non-hydrogen) atoms. The Bertz CT molecular complexity index is 1040. The van der Waals surface area contributed by atoms with Gasteiger partial charge in [0.25, 0.3) is 0 Å². The Kier molecular flexibility index (Phi) is 4.32. The van der Waals surface area contributed by atoms with E-state index in [1.807, 2.05) is 48.3 Å². The second-order valence-electron chi connectivity index (χ2n) is 6.52. The van der Waals surface area contributed by atoms with Crippen molar-refractivity contribution in [1.29, 1.82) is 0 Å². The van der Waals surface area contributed by atoms with Crippen LogP contribution in [0, 0.1) is 5.82 Å². The number of alkyl halides is 1. The van der Waals surface area contributed by atoms with Crippen molar-refractivity contribution < 1.29 is 8.78 Å². The van der Waals surface area contributed by atoms with Crippen LogP contribution >= 0.6 is 11.8 Å². The first-order valence-electron chi connectivity index (χ1n) is 8.43. The maximum absolute atomic E-state index is 15.2. The average molecular weight is 383 g/mol. The van der Waals surface area contributed by atoms with Gasteiger partial charge in [0.1, 0.15) is 5.82 Å². The number of rotatable bonds is 4. The lowest BCUT2D eigenvalue weighted by atomic mass is 10.1. The van der Waals surface area contributed by atoms with Crippen LogP contribution in [0.5, 0.6) is 0 Å². The quantitative estimate of drug-likeness (QED) is 0.378. The van der Waals surface area contributed by atoms with Gasteiger partial charge in [0.15, 0.2) is 6.17 Å². The highest BCUT2D eigenvalue weighted by molar-refractivity contribution is 7.98. The molecular weight excluding hydrogens is 364 g/mol. The van der Waals surface area contributed by atoms with Crippen LogP contribution < -0.4 is 10.9 Å². The maximum Gasteiger partial charge on any atom is 0.154 e. The molecule has 0 saturated heterocycles. The number of halogens is 2. The third kappa shape index (κ3) is 2.76. The van der Waals surface area contributed by atoms with E-state index < -0.39 is 12.0 Å². The third-order valence-corrected chi connectivity index (χ3v) is 5.71. The molecule has 1 aromatic heterocycles. The number of fused-ring (bicyclic) bond motifs is 3. The number of hydrogen-bond acceptors (Lipinski definition) is 3. The van der Waals surface area contributed by atoms with Crippen LogP contribution in [0.2, 0.25) is 0 Å². The van der Waals surface area contributed by atoms with Gasteiger partial charge in [-0.15, -0.1) is 11.8 Å². The number of anilines is 1. The van der Waals surface area contributed by atoms with Gasteiger partial charge in [-0.05, 0) is 48.7 Å². The summed E-state index contributed by atoms with van der Waals surface area (Å²) < 4.78 is 30.7. The van der Waals surface area contributed by atoms with Crippen molar-refractivity contribution in [2.45, 2.75) is 11.1 Å². The number of aromatic nitrogens is 1. The molecule has 138 valence electrons. The number of nitrogens with two attached hydrogens (primary N) is 1. The van der Waals surface area contributed by atoms with Crippen LogP contribution in [0.3, 0.4) is 0 Å². The van der Waals surface area contributed by atoms with Gasteiger partial charge >= 0.3 is 0 Å². The highest BCUT2D eigenvalue weighted by Gasteiger charge is 2.35. The van der Waals surface area contributed by atoms with E-state index in [0.29, 0.717) is 28.0 Å².